The number of aromatic nitrogens is 5. The molecule has 4 heterocycles. The molecule has 3 aromatic heterocycles. The van der Waals surface area contributed by atoms with E-state index in [-0.39, 0.29) is 17.8 Å². The van der Waals surface area contributed by atoms with Gasteiger partial charge in [-0.3, -0.25) is 4.98 Å². The molecule has 38 heavy (non-hydrogen) atoms. The number of hydrogen-bond acceptors (Lipinski definition) is 7. The van der Waals surface area contributed by atoms with Crippen LogP contribution in [0.3, 0.4) is 0 Å². The van der Waals surface area contributed by atoms with Gasteiger partial charge in [-0.1, -0.05) is 13.8 Å². The first-order chi connectivity index (χ1) is 18.2. The molecule has 0 spiro atoms. The van der Waals surface area contributed by atoms with Gasteiger partial charge in [0.1, 0.15) is 23.1 Å². The molecule has 200 valence electrons. The summed E-state index contributed by atoms with van der Waals surface area (Å²) in [4.78, 5) is 15.8. The Hall–Kier alpha value is -3.80. The fraction of sp³-hybridized carbons (Fsp3) is 0.385. The molecular formula is C26H26F4N6O2. The molecule has 5 rings (SSSR count). The number of hydrogen-bond donors (Lipinski definition) is 1. The summed E-state index contributed by atoms with van der Waals surface area (Å²) >= 11 is 0. The molecule has 1 aromatic carbocycles. The molecule has 1 aliphatic rings. The molecular weight excluding hydrogens is 504 g/mol. The van der Waals surface area contributed by atoms with E-state index >= 15 is 0 Å². The molecule has 0 radical (unpaired) electrons. The van der Waals surface area contributed by atoms with E-state index in [1.807, 2.05) is 18.7 Å². The Kier molecular flexibility index (Phi) is 7.15. The van der Waals surface area contributed by atoms with Gasteiger partial charge in [0.15, 0.2) is 17.4 Å². The highest BCUT2D eigenvalue weighted by molar-refractivity contribution is 5.83. The smallest absolute Gasteiger partial charge is 0.333 e. The first kappa shape index (κ1) is 25.8. The van der Waals surface area contributed by atoms with Crippen LogP contribution in [0.4, 0.5) is 23.4 Å². The van der Waals surface area contributed by atoms with Gasteiger partial charge in [0.2, 0.25) is 0 Å². The van der Waals surface area contributed by atoms with E-state index in [1.165, 1.54) is 24.7 Å². The topological polar surface area (TPSA) is 89.2 Å². The summed E-state index contributed by atoms with van der Waals surface area (Å²) in [7, 11) is 0. The van der Waals surface area contributed by atoms with Crippen molar-refractivity contribution >= 4 is 16.9 Å². The van der Waals surface area contributed by atoms with Crippen molar-refractivity contribution in [3.8, 4) is 17.0 Å². The summed E-state index contributed by atoms with van der Waals surface area (Å²) in [5, 5.41) is 14.2. The largest absolute Gasteiger partial charge is 0.487 e. The van der Waals surface area contributed by atoms with Crippen LogP contribution in [0.25, 0.3) is 22.3 Å². The summed E-state index contributed by atoms with van der Waals surface area (Å²) < 4.78 is 60.1. The first-order valence-electron chi connectivity index (χ1n) is 12.2. The van der Waals surface area contributed by atoms with Crippen LogP contribution in [0.15, 0.2) is 42.9 Å². The molecule has 0 saturated carbocycles. The number of aliphatic hydroxyl groups excluding tert-OH is 1. The van der Waals surface area contributed by atoms with Crippen LogP contribution < -0.4 is 9.64 Å². The van der Waals surface area contributed by atoms with Crippen LogP contribution in [-0.2, 0) is 0 Å². The third kappa shape index (κ3) is 5.26. The number of ether oxygens (including phenoxy) is 1. The number of alkyl halides is 2. The van der Waals surface area contributed by atoms with Crippen molar-refractivity contribution in [3.63, 3.8) is 0 Å². The van der Waals surface area contributed by atoms with Gasteiger partial charge >= 0.3 is 6.55 Å². The number of piperidine rings is 1. The number of anilines is 1. The summed E-state index contributed by atoms with van der Waals surface area (Å²) in [6.07, 6.45) is 3.99. The average molecular weight is 531 g/mol. The van der Waals surface area contributed by atoms with Gasteiger partial charge in [-0.05, 0) is 24.1 Å². The normalized spacial score (nSPS) is 15.6. The maximum atomic E-state index is 14.0. The highest BCUT2D eigenvalue weighted by atomic mass is 19.3. The van der Waals surface area contributed by atoms with Gasteiger partial charge in [-0.2, -0.15) is 13.9 Å². The second-order valence-corrected chi connectivity index (χ2v) is 9.55. The molecule has 1 N–H and O–H groups in total. The zero-order valence-corrected chi connectivity index (χ0v) is 20.7. The van der Waals surface area contributed by atoms with Gasteiger partial charge in [0.05, 0.1) is 29.7 Å². The zero-order valence-electron chi connectivity index (χ0n) is 20.7. The van der Waals surface area contributed by atoms with E-state index in [2.05, 4.69) is 10.1 Å². The number of halogens is 4. The quantitative estimate of drug-likeness (QED) is 0.325. The number of benzene rings is 1. The zero-order chi connectivity index (χ0) is 27.0. The van der Waals surface area contributed by atoms with Crippen LogP contribution in [0, 0.1) is 17.6 Å². The molecule has 1 unspecified atom stereocenters. The third-order valence-electron chi connectivity index (χ3n) is 6.49. The van der Waals surface area contributed by atoms with Crippen LogP contribution in [0.2, 0.25) is 0 Å². The van der Waals surface area contributed by atoms with Gasteiger partial charge < -0.3 is 14.7 Å². The van der Waals surface area contributed by atoms with Crippen molar-refractivity contribution in [2.75, 3.05) is 18.0 Å². The van der Waals surface area contributed by atoms with Crippen molar-refractivity contribution in [2.24, 2.45) is 5.92 Å². The van der Waals surface area contributed by atoms with Crippen LogP contribution in [-0.4, -0.2) is 49.0 Å². The highest BCUT2D eigenvalue weighted by Crippen LogP contribution is 2.33. The maximum Gasteiger partial charge on any atom is 0.333 e. The van der Waals surface area contributed by atoms with E-state index in [1.54, 1.807) is 6.07 Å². The minimum absolute atomic E-state index is 0.0130. The van der Waals surface area contributed by atoms with E-state index in [9.17, 15) is 22.7 Å². The molecule has 0 aliphatic carbocycles. The fourth-order valence-electron chi connectivity index (χ4n) is 4.39. The lowest BCUT2D eigenvalue weighted by Crippen LogP contribution is -2.39. The summed E-state index contributed by atoms with van der Waals surface area (Å²) in [5.74, 6) is -1.05. The average Bonchev–Trinajstić information content (AvgIpc) is 3.40. The Bertz CT molecular complexity index is 1440. The van der Waals surface area contributed by atoms with E-state index in [0.29, 0.717) is 64.4 Å². The molecule has 4 aromatic rings. The van der Waals surface area contributed by atoms with Crippen molar-refractivity contribution < 1.29 is 27.4 Å². The minimum atomic E-state index is -2.81. The number of fused-ring (bicyclic) bond motifs is 1. The van der Waals surface area contributed by atoms with Gasteiger partial charge in [-0.25, -0.2) is 23.4 Å². The predicted molar refractivity (Wildman–Crippen MR) is 132 cm³/mol. The van der Waals surface area contributed by atoms with Gasteiger partial charge in [0, 0.05) is 43.8 Å². The van der Waals surface area contributed by atoms with Crippen LogP contribution in [0.1, 0.15) is 45.0 Å². The number of pyridine rings is 1. The van der Waals surface area contributed by atoms with Crippen LogP contribution >= 0.6 is 0 Å². The SMILES string of the molecule is CC(C)C(O)c1cc2nc(-c3cnn(C(F)F)c3)c(N3CCC(Oc4ccc(F)cc4F)CC3)nc2cn1. The minimum Gasteiger partial charge on any atom is -0.487 e. The van der Waals surface area contributed by atoms with E-state index in [4.69, 9.17) is 14.7 Å². The van der Waals surface area contributed by atoms with Crippen molar-refractivity contribution in [1.29, 1.82) is 0 Å². The lowest BCUT2D eigenvalue weighted by Gasteiger charge is -2.33. The Morgan fingerprint density at radius 3 is 2.45 bits per heavy atom. The fourth-order valence-corrected chi connectivity index (χ4v) is 4.39. The van der Waals surface area contributed by atoms with E-state index in [0.717, 1.165) is 12.1 Å². The molecule has 8 nitrogen and oxygen atoms in total. The highest BCUT2D eigenvalue weighted by Gasteiger charge is 2.27. The molecule has 0 amide bonds. The van der Waals surface area contributed by atoms with Crippen molar-refractivity contribution in [2.45, 2.75) is 45.4 Å². The number of nitrogens with zero attached hydrogens (tertiary/aromatic N) is 6. The van der Waals surface area contributed by atoms with Crippen LogP contribution in [0.5, 0.6) is 5.75 Å². The summed E-state index contributed by atoms with van der Waals surface area (Å²) in [5.41, 5.74) is 2.11. The Balaban J connectivity index is 1.45. The second kappa shape index (κ2) is 10.5. The second-order valence-electron chi connectivity index (χ2n) is 9.55. The third-order valence-corrected chi connectivity index (χ3v) is 6.49. The summed E-state index contributed by atoms with van der Waals surface area (Å²) in [6.45, 7) is 1.88. The lowest BCUT2D eigenvalue weighted by atomic mass is 10.0. The number of aliphatic hydroxyl groups is 1. The maximum absolute atomic E-state index is 14.0. The predicted octanol–water partition coefficient (Wildman–Crippen LogP) is 5.30. The van der Waals surface area contributed by atoms with Gasteiger partial charge in [-0.15, -0.1) is 0 Å². The molecule has 1 saturated heterocycles. The number of rotatable bonds is 7. The van der Waals surface area contributed by atoms with Crippen molar-refractivity contribution in [3.05, 3.63) is 60.2 Å². The Morgan fingerprint density at radius 2 is 1.79 bits per heavy atom. The van der Waals surface area contributed by atoms with Crippen molar-refractivity contribution in [1.82, 2.24) is 24.7 Å². The molecule has 1 atom stereocenters. The lowest BCUT2D eigenvalue weighted by molar-refractivity contribution is 0.0566. The molecule has 1 aliphatic heterocycles. The molecule has 1 fully saturated rings. The Labute approximate surface area is 215 Å². The summed E-state index contributed by atoms with van der Waals surface area (Å²) in [6, 6.07) is 4.83. The Morgan fingerprint density at radius 1 is 1.03 bits per heavy atom. The molecule has 12 heteroatoms. The van der Waals surface area contributed by atoms with E-state index < -0.39 is 24.3 Å². The molecule has 0 bridgehead atoms. The van der Waals surface area contributed by atoms with Gasteiger partial charge in [0.25, 0.3) is 0 Å². The first-order valence-corrected chi connectivity index (χ1v) is 12.2. The standard InChI is InChI=1S/C26H26F4N6O2/c1-14(2)24(37)20-10-19-21(12-31-20)34-25(23(33-19)15-11-32-36(13-15)26(29)30)35-7-5-17(6-8-35)38-22-4-3-16(27)9-18(22)28/h3-4,9-14,17,24,26,37H,5-8H2,1-2H3. The monoisotopic (exact) mass is 530 g/mol.